The van der Waals surface area contributed by atoms with Crippen LogP contribution in [0.3, 0.4) is 0 Å². The molecular weight excluding hydrogens is 421 g/mol. The summed E-state index contributed by atoms with van der Waals surface area (Å²) in [5.74, 6) is 0.827. The van der Waals surface area contributed by atoms with Gasteiger partial charge in [0.1, 0.15) is 0 Å². The number of benzene rings is 1. The first kappa shape index (κ1) is 37.8. The van der Waals surface area contributed by atoms with Crippen molar-refractivity contribution in [3.63, 3.8) is 0 Å². The van der Waals surface area contributed by atoms with E-state index in [0.29, 0.717) is 12.3 Å². The third-order valence-corrected chi connectivity index (χ3v) is 4.81. The molecule has 0 spiro atoms. The van der Waals surface area contributed by atoms with Crippen LogP contribution in [0.4, 0.5) is 0 Å². The van der Waals surface area contributed by atoms with Crippen molar-refractivity contribution in [3.05, 3.63) is 35.9 Å². The molecule has 0 saturated carbocycles. The largest absolute Gasteiger partial charge is 1.00 e. The van der Waals surface area contributed by atoms with Crippen LogP contribution in [0, 0.1) is 11.8 Å². The predicted octanol–water partition coefficient (Wildman–Crippen LogP) is 1.84. The predicted molar refractivity (Wildman–Crippen MR) is 127 cm³/mol. The van der Waals surface area contributed by atoms with E-state index < -0.39 is 0 Å². The third-order valence-electron chi connectivity index (χ3n) is 4.59. The number of hydrogen-bond donors (Lipinski definition) is 2. The van der Waals surface area contributed by atoms with Crippen molar-refractivity contribution in [1.82, 2.24) is 0 Å². The van der Waals surface area contributed by atoms with Crippen LogP contribution >= 0.6 is 12.6 Å². The molecule has 0 aliphatic rings. The molecule has 4 nitrogen and oxygen atoms in total. The molecule has 0 heterocycles. The molecule has 0 aliphatic heterocycles. The van der Waals surface area contributed by atoms with Gasteiger partial charge in [-0.25, -0.2) is 0 Å². The summed E-state index contributed by atoms with van der Waals surface area (Å²) in [5.41, 5.74) is 6.92. The summed E-state index contributed by atoms with van der Waals surface area (Å²) >= 11 is 3.69. The van der Waals surface area contributed by atoms with Crippen LogP contribution in [-0.2, 0) is 16.0 Å². The fraction of sp³-hybridized carbons (Fsp3) is 0.667. The zero-order valence-electron chi connectivity index (χ0n) is 20.6. The molecule has 170 valence electrons. The van der Waals surface area contributed by atoms with E-state index in [0.717, 1.165) is 26.4 Å². The van der Waals surface area contributed by atoms with Gasteiger partial charge in [-0.05, 0) is 24.3 Å². The van der Waals surface area contributed by atoms with Crippen molar-refractivity contribution in [3.8, 4) is 0 Å². The van der Waals surface area contributed by atoms with Crippen LogP contribution in [0.1, 0.15) is 79.2 Å². The number of rotatable bonds is 10. The van der Waals surface area contributed by atoms with Crippen LogP contribution in [0.2, 0.25) is 0 Å². The van der Waals surface area contributed by atoms with E-state index in [-0.39, 0.29) is 74.2 Å². The third kappa shape index (κ3) is 21.7. The second-order valence-corrected chi connectivity index (χ2v) is 7.20. The maximum Gasteiger partial charge on any atom is 1.00 e. The van der Waals surface area contributed by atoms with E-state index >= 15 is 0 Å². The fourth-order valence-corrected chi connectivity index (χ4v) is 2.60. The van der Waals surface area contributed by atoms with Gasteiger partial charge in [0, 0.05) is 12.3 Å². The van der Waals surface area contributed by atoms with Crippen molar-refractivity contribution in [2.45, 2.75) is 86.1 Å². The van der Waals surface area contributed by atoms with Crippen molar-refractivity contribution < 1.29 is 66.1 Å². The summed E-state index contributed by atoms with van der Waals surface area (Å²) in [7, 11) is 0.750. The fourth-order valence-electron chi connectivity index (χ4n) is 2.49. The summed E-state index contributed by atoms with van der Waals surface area (Å²) in [6, 6.07) is 9.67. The monoisotopic (exact) mass is 465 g/mol. The summed E-state index contributed by atoms with van der Waals surface area (Å²) in [6.45, 7) is 12.3. The Morgan fingerprint density at radius 2 is 1.57 bits per heavy atom. The molecule has 0 saturated heterocycles. The smallest absolute Gasteiger partial charge is 0.857 e. The van der Waals surface area contributed by atoms with Gasteiger partial charge < -0.3 is 10.8 Å². The molecule has 30 heavy (non-hydrogen) atoms. The Morgan fingerprint density at radius 3 is 1.97 bits per heavy atom. The molecular formula is C24H44KNO3S. The first-order valence-electron chi connectivity index (χ1n) is 10.8. The van der Waals surface area contributed by atoms with E-state index in [1.165, 1.54) is 18.4 Å². The summed E-state index contributed by atoms with van der Waals surface area (Å²) < 4.78 is 0. The van der Waals surface area contributed by atoms with Crippen molar-refractivity contribution >= 4 is 23.5 Å². The quantitative estimate of drug-likeness (QED) is 0.408. The number of aryl methyl sites for hydroxylation is 1. The Labute approximate surface area is 234 Å². The second-order valence-electron chi connectivity index (χ2n) is 6.70. The van der Waals surface area contributed by atoms with Crippen molar-refractivity contribution in [2.24, 2.45) is 17.6 Å². The maximum absolute atomic E-state index is 11.8. The van der Waals surface area contributed by atoms with Crippen molar-refractivity contribution in [1.29, 1.82) is 0 Å². The topological polar surface area (TPSA) is 83.2 Å². The first-order valence-corrected chi connectivity index (χ1v) is 11.2. The van der Waals surface area contributed by atoms with E-state index in [9.17, 15) is 9.59 Å². The Kier molecular flexibility index (Phi) is 34.6. The normalized spacial score (nSPS) is 12.1. The molecule has 1 aromatic rings. The van der Waals surface area contributed by atoms with Crippen LogP contribution in [0.25, 0.3) is 0 Å². The number of carbonyl (C=O) groups is 2. The standard InChI is InChI=1S/C12H25NO.C9H10OS.C2H6.CH3O.K/c1-5-7-8-9(3)10(4)12(14)11(13)6-2;10-9(11)7-6-8-4-2-1-3-5-8;2*1-2;/h9-11H,5-8,13H2,1-4H3;1-5H,6-7H2,(H,10,11);1-2H3;1H3;/q;;;-1;+1. The molecule has 0 aromatic heterocycles. The van der Waals surface area contributed by atoms with Crippen LogP contribution in [-0.4, -0.2) is 24.1 Å². The molecule has 3 unspecified atom stereocenters. The number of nitrogens with two attached hydrogens (primary N) is 1. The van der Waals surface area contributed by atoms with E-state index in [1.54, 1.807) is 0 Å². The number of thiol groups is 1. The number of Topliss-reactive ketones (excluding diaryl/α,β-unsaturated/α-hetero) is 1. The van der Waals surface area contributed by atoms with Gasteiger partial charge in [0.25, 0.3) is 0 Å². The van der Waals surface area contributed by atoms with Gasteiger partial charge >= 0.3 is 51.4 Å². The molecule has 3 atom stereocenters. The SMILES string of the molecule is CC.CCCCC(C)C(C)C(=O)C(N)CC.C[O-].O=C(S)CCc1ccccc1.[K+]. The van der Waals surface area contributed by atoms with Gasteiger partial charge in [-0.15, -0.1) is 12.6 Å². The average molecular weight is 466 g/mol. The summed E-state index contributed by atoms with van der Waals surface area (Å²) in [5, 5.41) is 8.20. The van der Waals surface area contributed by atoms with E-state index in [4.69, 9.17) is 10.8 Å². The number of carbonyl (C=O) groups excluding carboxylic acids is 2. The van der Waals surface area contributed by atoms with E-state index in [1.807, 2.05) is 58.0 Å². The molecule has 0 fully saturated rings. The van der Waals surface area contributed by atoms with Crippen LogP contribution < -0.4 is 62.2 Å². The average Bonchev–Trinajstić information content (AvgIpc) is 2.78. The minimum Gasteiger partial charge on any atom is -0.857 e. The number of ketones is 1. The minimum atomic E-state index is -0.255. The number of hydrogen-bond acceptors (Lipinski definition) is 4. The molecule has 1 rings (SSSR count). The molecule has 0 aliphatic carbocycles. The molecule has 0 radical (unpaired) electrons. The Bertz CT molecular complexity index is 500. The molecule has 0 bridgehead atoms. The first-order chi connectivity index (χ1) is 13.8. The minimum absolute atomic E-state index is 0. The van der Waals surface area contributed by atoms with Gasteiger partial charge in [-0.3, -0.25) is 9.59 Å². The summed E-state index contributed by atoms with van der Waals surface area (Å²) in [4.78, 5) is 22.2. The Balaban J connectivity index is -0.000000190. The van der Waals surface area contributed by atoms with Gasteiger partial charge in [0.05, 0.1) is 6.04 Å². The Morgan fingerprint density at radius 1 is 1.07 bits per heavy atom. The molecule has 6 heteroatoms. The van der Waals surface area contributed by atoms with Crippen LogP contribution in [0.5, 0.6) is 0 Å². The van der Waals surface area contributed by atoms with Gasteiger partial charge in [0.15, 0.2) is 10.9 Å². The van der Waals surface area contributed by atoms with Gasteiger partial charge in [-0.1, -0.05) is 91.1 Å². The maximum atomic E-state index is 11.8. The van der Waals surface area contributed by atoms with Gasteiger partial charge in [-0.2, -0.15) is 7.11 Å². The van der Waals surface area contributed by atoms with Crippen molar-refractivity contribution in [2.75, 3.05) is 7.11 Å². The molecule has 1 aromatic carbocycles. The van der Waals surface area contributed by atoms with Crippen LogP contribution in [0.15, 0.2) is 30.3 Å². The number of unbranched alkanes of at least 4 members (excludes halogenated alkanes) is 1. The molecule has 0 amide bonds. The molecule has 2 N–H and O–H groups in total. The van der Waals surface area contributed by atoms with E-state index in [2.05, 4.69) is 26.5 Å². The zero-order valence-corrected chi connectivity index (χ0v) is 24.6. The summed E-state index contributed by atoms with van der Waals surface area (Å²) in [6.07, 6.45) is 5.62. The Hall–Kier alpha value is 0.466. The van der Waals surface area contributed by atoms with Gasteiger partial charge in [0.2, 0.25) is 0 Å². The zero-order chi connectivity index (χ0) is 23.2. The second kappa shape index (κ2) is 27.5.